The normalized spacial score (nSPS) is 23.6. The summed E-state index contributed by atoms with van der Waals surface area (Å²) in [5, 5.41) is 1.23. The van der Waals surface area contributed by atoms with Crippen LogP contribution < -0.4 is 5.73 Å². The van der Waals surface area contributed by atoms with Crippen LogP contribution >= 0.6 is 23.2 Å². The van der Waals surface area contributed by atoms with Gasteiger partial charge in [0.25, 0.3) is 0 Å². The average Bonchev–Trinajstić information content (AvgIpc) is 2.94. The second-order valence-electron chi connectivity index (χ2n) is 6.67. The molecule has 0 radical (unpaired) electrons. The Bertz CT molecular complexity index is 488. The number of rotatable bonds is 3. The molecule has 3 rings (SSSR count). The Morgan fingerprint density at radius 1 is 1.05 bits per heavy atom. The molecule has 2 aliphatic rings. The summed E-state index contributed by atoms with van der Waals surface area (Å²) in [5.41, 5.74) is 7.89. The van der Waals surface area contributed by atoms with E-state index in [1.54, 1.807) is 0 Å². The van der Waals surface area contributed by atoms with Gasteiger partial charge in [-0.25, -0.2) is 0 Å². The number of benzene rings is 1. The largest absolute Gasteiger partial charge is 0.329 e. The molecular weight excluding hydrogens is 303 g/mol. The zero-order valence-electron chi connectivity index (χ0n) is 12.5. The van der Waals surface area contributed by atoms with Crippen LogP contribution in [0.3, 0.4) is 0 Å². The second-order valence-corrected chi connectivity index (χ2v) is 7.48. The maximum absolute atomic E-state index is 6.16. The molecule has 1 saturated carbocycles. The van der Waals surface area contributed by atoms with Gasteiger partial charge in [-0.3, -0.25) is 4.90 Å². The van der Waals surface area contributed by atoms with Crippen LogP contribution in [-0.4, -0.2) is 24.5 Å². The van der Waals surface area contributed by atoms with Gasteiger partial charge < -0.3 is 5.73 Å². The Hall–Kier alpha value is -0.280. The minimum Gasteiger partial charge on any atom is -0.329 e. The Morgan fingerprint density at radius 2 is 1.71 bits per heavy atom. The number of likely N-dealkylation sites (tertiary alicyclic amines) is 1. The minimum atomic E-state index is 0.263. The summed E-state index contributed by atoms with van der Waals surface area (Å²) >= 11 is 12.2. The maximum Gasteiger partial charge on any atom is 0.0595 e. The van der Waals surface area contributed by atoms with Crippen molar-refractivity contribution in [2.45, 2.75) is 44.6 Å². The van der Waals surface area contributed by atoms with Crippen LogP contribution in [0.25, 0.3) is 0 Å². The summed E-state index contributed by atoms with van der Waals surface area (Å²) in [7, 11) is 0. The molecule has 2 N–H and O–H groups in total. The van der Waals surface area contributed by atoms with E-state index in [0.29, 0.717) is 22.0 Å². The lowest BCUT2D eigenvalue weighted by molar-refractivity contribution is 0.0780. The molecular formula is C17H24Cl2N2. The highest BCUT2D eigenvalue weighted by Gasteiger charge is 2.38. The van der Waals surface area contributed by atoms with E-state index >= 15 is 0 Å². The fourth-order valence-corrected chi connectivity index (χ4v) is 4.46. The van der Waals surface area contributed by atoms with Crippen LogP contribution in [0.4, 0.5) is 0 Å². The van der Waals surface area contributed by atoms with Crippen molar-refractivity contribution >= 4 is 23.2 Å². The molecule has 1 heterocycles. The highest BCUT2D eigenvalue weighted by Crippen LogP contribution is 2.47. The summed E-state index contributed by atoms with van der Waals surface area (Å²) < 4.78 is 0. The lowest BCUT2D eigenvalue weighted by Gasteiger charge is -2.42. The number of hydrogen-bond donors (Lipinski definition) is 1. The zero-order chi connectivity index (χ0) is 14.9. The number of nitrogens with two attached hydrogens (primary N) is 1. The Balaban J connectivity index is 1.70. The highest BCUT2D eigenvalue weighted by atomic mass is 35.5. The molecule has 1 saturated heterocycles. The molecule has 116 valence electrons. The Kier molecular flexibility index (Phi) is 4.80. The van der Waals surface area contributed by atoms with Crippen molar-refractivity contribution in [3.8, 4) is 0 Å². The monoisotopic (exact) mass is 326 g/mol. The first kappa shape index (κ1) is 15.6. The molecule has 4 heteroatoms. The van der Waals surface area contributed by atoms with Crippen molar-refractivity contribution in [1.82, 2.24) is 4.90 Å². The van der Waals surface area contributed by atoms with Gasteiger partial charge in [-0.05, 0) is 61.9 Å². The fraction of sp³-hybridized carbons (Fsp3) is 0.647. The molecule has 1 unspecified atom stereocenters. The maximum atomic E-state index is 6.16. The fourth-order valence-electron chi connectivity index (χ4n) is 4.15. The molecule has 21 heavy (non-hydrogen) atoms. The average molecular weight is 327 g/mol. The van der Waals surface area contributed by atoms with Crippen molar-refractivity contribution in [2.24, 2.45) is 11.1 Å². The van der Waals surface area contributed by atoms with Crippen molar-refractivity contribution in [1.29, 1.82) is 0 Å². The van der Waals surface area contributed by atoms with E-state index in [1.807, 2.05) is 12.1 Å². The summed E-state index contributed by atoms with van der Waals surface area (Å²) in [6.45, 7) is 2.94. The molecule has 0 bridgehead atoms. The molecule has 2 nitrogen and oxygen atoms in total. The van der Waals surface area contributed by atoms with Crippen LogP contribution in [0.1, 0.15) is 50.1 Å². The smallest absolute Gasteiger partial charge is 0.0595 e. The zero-order valence-corrected chi connectivity index (χ0v) is 14.0. The van der Waals surface area contributed by atoms with E-state index in [9.17, 15) is 0 Å². The summed E-state index contributed by atoms with van der Waals surface area (Å²) in [5.74, 6) is 0. The predicted octanol–water partition coefficient (Wildman–Crippen LogP) is 4.65. The van der Waals surface area contributed by atoms with E-state index in [4.69, 9.17) is 28.9 Å². The Labute approximate surface area is 137 Å². The number of piperidine rings is 1. The quantitative estimate of drug-likeness (QED) is 0.875. The van der Waals surface area contributed by atoms with Gasteiger partial charge >= 0.3 is 0 Å². The molecule has 0 aromatic heterocycles. The third kappa shape index (κ3) is 3.24. The molecule has 2 fully saturated rings. The minimum absolute atomic E-state index is 0.263. The van der Waals surface area contributed by atoms with Gasteiger partial charge in [0.05, 0.1) is 10.0 Å². The molecule has 1 spiro atoms. The predicted molar refractivity (Wildman–Crippen MR) is 90.0 cm³/mol. The van der Waals surface area contributed by atoms with Gasteiger partial charge in [-0.1, -0.05) is 42.1 Å². The van der Waals surface area contributed by atoms with E-state index in [2.05, 4.69) is 11.0 Å². The number of nitrogens with zero attached hydrogens (tertiary/aromatic N) is 1. The third-order valence-electron chi connectivity index (χ3n) is 5.52. The highest BCUT2D eigenvalue weighted by molar-refractivity contribution is 6.42. The van der Waals surface area contributed by atoms with Crippen LogP contribution in [-0.2, 0) is 0 Å². The Morgan fingerprint density at radius 3 is 2.29 bits per heavy atom. The van der Waals surface area contributed by atoms with Gasteiger partial charge in [0, 0.05) is 12.6 Å². The molecule has 0 amide bonds. The van der Waals surface area contributed by atoms with Crippen molar-refractivity contribution in [3.63, 3.8) is 0 Å². The lowest BCUT2D eigenvalue weighted by atomic mass is 9.76. The van der Waals surface area contributed by atoms with Crippen LogP contribution in [0.5, 0.6) is 0 Å². The van der Waals surface area contributed by atoms with Gasteiger partial charge in [0.15, 0.2) is 0 Å². The first-order chi connectivity index (χ1) is 10.1. The molecule has 1 aromatic carbocycles. The first-order valence-electron chi connectivity index (χ1n) is 8.03. The third-order valence-corrected chi connectivity index (χ3v) is 6.25. The topological polar surface area (TPSA) is 29.3 Å². The van der Waals surface area contributed by atoms with E-state index in [1.165, 1.54) is 44.1 Å². The summed E-state index contributed by atoms with van der Waals surface area (Å²) in [6, 6.07) is 6.18. The van der Waals surface area contributed by atoms with Crippen LogP contribution in [0, 0.1) is 5.41 Å². The van der Waals surface area contributed by atoms with Crippen molar-refractivity contribution in [3.05, 3.63) is 33.8 Å². The molecule has 1 atom stereocenters. The first-order valence-corrected chi connectivity index (χ1v) is 8.78. The standard InChI is InChI=1S/C17H24Cl2N2/c18-14-4-3-13(11-15(14)19)16(12-20)21-9-7-17(8-10-21)5-1-2-6-17/h3-4,11,16H,1-2,5-10,12,20H2. The molecule has 1 aliphatic heterocycles. The SMILES string of the molecule is NCC(c1ccc(Cl)c(Cl)c1)N1CCC2(CCCC2)CC1. The second kappa shape index (κ2) is 6.45. The van der Waals surface area contributed by atoms with Gasteiger partial charge in [-0.15, -0.1) is 0 Å². The number of hydrogen-bond acceptors (Lipinski definition) is 2. The van der Waals surface area contributed by atoms with Gasteiger partial charge in [-0.2, -0.15) is 0 Å². The lowest BCUT2D eigenvalue weighted by Crippen LogP contribution is -2.43. The van der Waals surface area contributed by atoms with Gasteiger partial charge in [0.1, 0.15) is 0 Å². The van der Waals surface area contributed by atoms with Crippen molar-refractivity contribution in [2.75, 3.05) is 19.6 Å². The molecule has 1 aliphatic carbocycles. The summed E-state index contributed by atoms with van der Waals surface area (Å²) in [4.78, 5) is 2.53. The van der Waals surface area contributed by atoms with Crippen LogP contribution in [0.2, 0.25) is 10.0 Å². The van der Waals surface area contributed by atoms with Gasteiger partial charge in [0.2, 0.25) is 0 Å². The van der Waals surface area contributed by atoms with E-state index in [-0.39, 0.29) is 6.04 Å². The van der Waals surface area contributed by atoms with E-state index < -0.39 is 0 Å². The molecule has 1 aromatic rings. The number of halogens is 2. The van der Waals surface area contributed by atoms with Crippen molar-refractivity contribution < 1.29 is 0 Å². The van der Waals surface area contributed by atoms with E-state index in [0.717, 1.165) is 13.1 Å². The summed E-state index contributed by atoms with van der Waals surface area (Å²) in [6.07, 6.45) is 8.36. The van der Waals surface area contributed by atoms with Crippen LogP contribution in [0.15, 0.2) is 18.2 Å².